The number of methoxy groups -OCH3 is 1. The predicted octanol–water partition coefficient (Wildman–Crippen LogP) is 2.14. The van der Waals surface area contributed by atoms with E-state index in [2.05, 4.69) is 14.8 Å². The molecule has 0 bridgehead atoms. The number of fused-ring (bicyclic) bond motifs is 1. The Bertz CT molecular complexity index is 693. The van der Waals surface area contributed by atoms with Gasteiger partial charge in [-0.3, -0.25) is 9.48 Å². The van der Waals surface area contributed by atoms with Crippen molar-refractivity contribution in [2.75, 3.05) is 20.3 Å². The van der Waals surface area contributed by atoms with Gasteiger partial charge in [-0.2, -0.15) is 5.10 Å². The van der Waals surface area contributed by atoms with Gasteiger partial charge in [0, 0.05) is 25.6 Å². The lowest BCUT2D eigenvalue weighted by Crippen LogP contribution is -2.43. The van der Waals surface area contributed by atoms with Crippen LogP contribution in [0.2, 0.25) is 0 Å². The van der Waals surface area contributed by atoms with Crippen molar-refractivity contribution >= 4 is 17.2 Å². The standard InChI is InChI=1S/C16H20N4O2S/c1-22-8-14-15-12(6-18-20(15)7-11-2-3-11)4-5-19(14)16(21)13-9-23-10-17-13/h6,9-11,14H,2-5,7-8H2,1H3. The van der Waals surface area contributed by atoms with Crippen LogP contribution in [0.4, 0.5) is 0 Å². The number of thiazole rings is 1. The van der Waals surface area contributed by atoms with Crippen molar-refractivity contribution in [3.05, 3.63) is 34.0 Å². The summed E-state index contributed by atoms with van der Waals surface area (Å²) in [5.41, 5.74) is 4.61. The molecular formula is C16H20N4O2S. The Hall–Kier alpha value is -1.73. The minimum absolute atomic E-state index is 0.0156. The average Bonchev–Trinajstić information content (AvgIpc) is 3.05. The Morgan fingerprint density at radius 2 is 2.35 bits per heavy atom. The van der Waals surface area contributed by atoms with Crippen LogP contribution in [0.5, 0.6) is 0 Å². The number of rotatable bonds is 5. The quantitative estimate of drug-likeness (QED) is 0.842. The molecule has 1 unspecified atom stereocenters. The Kier molecular flexibility index (Phi) is 3.90. The van der Waals surface area contributed by atoms with E-state index in [0.29, 0.717) is 18.8 Å². The molecule has 1 aliphatic heterocycles. The third-order valence-electron chi connectivity index (χ3n) is 4.64. The third kappa shape index (κ3) is 2.79. The maximum absolute atomic E-state index is 12.8. The largest absolute Gasteiger partial charge is 0.382 e. The van der Waals surface area contributed by atoms with Crippen molar-refractivity contribution < 1.29 is 9.53 Å². The predicted molar refractivity (Wildman–Crippen MR) is 86.4 cm³/mol. The molecule has 7 heteroatoms. The van der Waals surface area contributed by atoms with Gasteiger partial charge in [-0.25, -0.2) is 4.98 Å². The lowest BCUT2D eigenvalue weighted by atomic mass is 9.99. The first-order valence-corrected chi connectivity index (χ1v) is 8.95. The van der Waals surface area contributed by atoms with Crippen LogP contribution in [-0.2, 0) is 17.7 Å². The van der Waals surface area contributed by atoms with Gasteiger partial charge in [0.2, 0.25) is 0 Å². The summed E-state index contributed by atoms with van der Waals surface area (Å²) in [6.45, 7) is 2.13. The van der Waals surface area contributed by atoms with Gasteiger partial charge >= 0.3 is 0 Å². The van der Waals surface area contributed by atoms with Crippen molar-refractivity contribution in [3.8, 4) is 0 Å². The Morgan fingerprint density at radius 3 is 3.04 bits per heavy atom. The molecule has 0 saturated heterocycles. The van der Waals surface area contributed by atoms with E-state index in [1.165, 1.54) is 29.7 Å². The van der Waals surface area contributed by atoms with Crippen molar-refractivity contribution in [3.63, 3.8) is 0 Å². The van der Waals surface area contributed by atoms with E-state index in [-0.39, 0.29) is 11.9 Å². The first-order valence-electron chi connectivity index (χ1n) is 8.00. The van der Waals surface area contributed by atoms with Crippen molar-refractivity contribution in [1.29, 1.82) is 0 Å². The molecule has 0 radical (unpaired) electrons. The molecule has 2 aromatic heterocycles. The second-order valence-corrected chi connectivity index (χ2v) is 6.99. The van der Waals surface area contributed by atoms with Crippen LogP contribution in [0.15, 0.2) is 17.1 Å². The summed E-state index contributed by atoms with van der Waals surface area (Å²) in [6, 6.07) is -0.0841. The summed E-state index contributed by atoms with van der Waals surface area (Å²) in [6.07, 6.45) is 5.37. The molecule has 0 spiro atoms. The SMILES string of the molecule is COCC1c2c(cnn2CC2CC2)CCN1C(=O)c1cscn1. The van der Waals surface area contributed by atoms with Gasteiger partial charge < -0.3 is 9.64 Å². The number of nitrogens with zero attached hydrogens (tertiary/aromatic N) is 4. The van der Waals surface area contributed by atoms with Gasteiger partial charge in [-0.05, 0) is 30.7 Å². The van der Waals surface area contributed by atoms with Gasteiger partial charge in [0.05, 0.1) is 30.1 Å². The molecule has 1 saturated carbocycles. The van der Waals surface area contributed by atoms with Gasteiger partial charge in [0.25, 0.3) is 5.91 Å². The van der Waals surface area contributed by atoms with E-state index in [4.69, 9.17) is 4.74 Å². The zero-order chi connectivity index (χ0) is 15.8. The molecule has 2 aromatic rings. The van der Waals surface area contributed by atoms with E-state index in [1.54, 1.807) is 12.6 Å². The van der Waals surface area contributed by atoms with Crippen LogP contribution >= 0.6 is 11.3 Å². The highest BCUT2D eigenvalue weighted by Crippen LogP contribution is 2.35. The number of ether oxygens (including phenoxy) is 1. The second kappa shape index (κ2) is 6.05. The molecule has 6 nitrogen and oxygen atoms in total. The van der Waals surface area contributed by atoms with E-state index >= 15 is 0 Å². The summed E-state index contributed by atoms with van der Waals surface area (Å²) in [4.78, 5) is 18.9. The number of hydrogen-bond acceptors (Lipinski definition) is 5. The van der Waals surface area contributed by atoms with Crippen LogP contribution in [-0.4, -0.2) is 45.8 Å². The zero-order valence-electron chi connectivity index (χ0n) is 13.1. The fraction of sp³-hybridized carbons (Fsp3) is 0.562. The lowest BCUT2D eigenvalue weighted by Gasteiger charge is -2.35. The molecule has 1 aliphatic carbocycles. The highest BCUT2D eigenvalue weighted by Gasteiger charge is 2.36. The fourth-order valence-electron chi connectivity index (χ4n) is 3.28. The molecule has 0 aromatic carbocycles. The topological polar surface area (TPSA) is 60.2 Å². The van der Waals surface area contributed by atoms with Crippen LogP contribution < -0.4 is 0 Å². The van der Waals surface area contributed by atoms with E-state index in [9.17, 15) is 4.79 Å². The number of carbonyl (C=O) groups excluding carboxylic acids is 1. The number of aromatic nitrogens is 3. The molecule has 4 rings (SSSR count). The van der Waals surface area contributed by atoms with Crippen molar-refractivity contribution in [2.45, 2.75) is 31.8 Å². The molecule has 0 N–H and O–H groups in total. The summed E-state index contributed by atoms with van der Waals surface area (Å²) in [7, 11) is 1.68. The number of hydrogen-bond donors (Lipinski definition) is 0. The smallest absolute Gasteiger partial charge is 0.273 e. The summed E-state index contributed by atoms with van der Waals surface area (Å²) in [5, 5.41) is 6.39. The average molecular weight is 332 g/mol. The summed E-state index contributed by atoms with van der Waals surface area (Å²) in [5.74, 6) is 0.727. The molecule has 1 atom stereocenters. The highest BCUT2D eigenvalue weighted by atomic mass is 32.1. The minimum atomic E-state index is -0.0841. The Morgan fingerprint density at radius 1 is 1.48 bits per heavy atom. The van der Waals surface area contributed by atoms with E-state index in [1.807, 2.05) is 16.5 Å². The van der Waals surface area contributed by atoms with Crippen LogP contribution in [0.3, 0.4) is 0 Å². The van der Waals surface area contributed by atoms with Gasteiger partial charge in [0.15, 0.2) is 0 Å². The zero-order valence-corrected chi connectivity index (χ0v) is 14.0. The molecule has 2 aliphatic rings. The van der Waals surface area contributed by atoms with E-state index in [0.717, 1.165) is 24.6 Å². The van der Waals surface area contributed by atoms with Crippen molar-refractivity contribution in [1.82, 2.24) is 19.7 Å². The number of carbonyl (C=O) groups is 1. The first-order chi connectivity index (χ1) is 11.3. The van der Waals surface area contributed by atoms with Gasteiger partial charge in [0.1, 0.15) is 5.69 Å². The van der Waals surface area contributed by atoms with Crippen LogP contribution in [0, 0.1) is 5.92 Å². The summed E-state index contributed by atoms with van der Waals surface area (Å²) >= 11 is 1.45. The molecule has 23 heavy (non-hydrogen) atoms. The van der Waals surface area contributed by atoms with Gasteiger partial charge in [-0.1, -0.05) is 0 Å². The molecule has 3 heterocycles. The monoisotopic (exact) mass is 332 g/mol. The second-order valence-electron chi connectivity index (χ2n) is 6.27. The minimum Gasteiger partial charge on any atom is -0.382 e. The third-order valence-corrected chi connectivity index (χ3v) is 5.23. The molecule has 1 amide bonds. The molecular weight excluding hydrogens is 312 g/mol. The normalized spacial score (nSPS) is 20.6. The van der Waals surface area contributed by atoms with Crippen LogP contribution in [0.1, 0.15) is 40.6 Å². The van der Waals surface area contributed by atoms with Crippen LogP contribution in [0.25, 0.3) is 0 Å². The van der Waals surface area contributed by atoms with Crippen molar-refractivity contribution in [2.24, 2.45) is 5.92 Å². The lowest BCUT2D eigenvalue weighted by molar-refractivity contribution is 0.0477. The maximum Gasteiger partial charge on any atom is 0.273 e. The van der Waals surface area contributed by atoms with Gasteiger partial charge in [-0.15, -0.1) is 11.3 Å². The Balaban J connectivity index is 1.66. The Labute approximate surface area is 139 Å². The fourth-order valence-corrected chi connectivity index (χ4v) is 3.81. The molecule has 122 valence electrons. The highest BCUT2D eigenvalue weighted by molar-refractivity contribution is 7.07. The maximum atomic E-state index is 12.8. The first kappa shape index (κ1) is 14.8. The summed E-state index contributed by atoms with van der Waals surface area (Å²) < 4.78 is 7.52. The number of amides is 1. The van der Waals surface area contributed by atoms with E-state index < -0.39 is 0 Å². The molecule has 1 fully saturated rings.